The van der Waals surface area contributed by atoms with Gasteiger partial charge in [-0.05, 0) is 36.8 Å². The Morgan fingerprint density at radius 2 is 2.00 bits per heavy atom. The Morgan fingerprint density at radius 1 is 1.47 bits per heavy atom. The fourth-order valence-corrected chi connectivity index (χ4v) is 2.50. The molecule has 1 aliphatic heterocycles. The molecule has 1 N–H and O–H groups in total. The Balaban J connectivity index is 2.49. The van der Waals surface area contributed by atoms with E-state index in [-0.39, 0.29) is 17.1 Å². The summed E-state index contributed by atoms with van der Waals surface area (Å²) in [5, 5.41) is 8.48. The van der Waals surface area contributed by atoms with Crippen molar-refractivity contribution in [2.45, 2.75) is 26.2 Å². The fourth-order valence-electron chi connectivity index (χ4n) is 2.17. The molecule has 0 spiro atoms. The van der Waals surface area contributed by atoms with Gasteiger partial charge >= 0.3 is 6.09 Å². The molecule has 0 bridgehead atoms. The molecular weight excluding hydrogens is 218 g/mol. The molecule has 1 rings (SSSR count). The lowest BCUT2D eigenvalue weighted by Crippen LogP contribution is -2.40. The molecule has 0 saturated carbocycles. The molecule has 0 aromatic rings. The average Bonchev–Trinajstić information content (AvgIpc) is 2.19. The minimum atomic E-state index is -0.876. The predicted molar refractivity (Wildman–Crippen MR) is 57.0 cm³/mol. The van der Waals surface area contributed by atoms with Crippen molar-refractivity contribution in [3.05, 3.63) is 0 Å². The summed E-state index contributed by atoms with van der Waals surface area (Å²) < 4.78 is 0. The number of hydrogen-bond acceptors (Lipinski definition) is 2. The van der Waals surface area contributed by atoms with Crippen LogP contribution in [0.3, 0.4) is 0 Å². The molecular formula is C10H16ClNO3. The molecule has 1 unspecified atom stereocenters. The van der Waals surface area contributed by atoms with E-state index in [1.807, 2.05) is 6.92 Å². The van der Waals surface area contributed by atoms with Gasteiger partial charge < -0.3 is 10.0 Å². The minimum Gasteiger partial charge on any atom is -0.465 e. The summed E-state index contributed by atoms with van der Waals surface area (Å²) in [6.45, 7) is 2.97. The lowest BCUT2D eigenvalue weighted by Gasteiger charge is -2.32. The van der Waals surface area contributed by atoms with Crippen molar-refractivity contribution >= 4 is 22.9 Å². The lowest BCUT2D eigenvalue weighted by molar-refractivity contribution is -0.117. The maximum Gasteiger partial charge on any atom is 0.407 e. The van der Waals surface area contributed by atoms with Crippen molar-refractivity contribution in [1.82, 2.24) is 4.90 Å². The van der Waals surface area contributed by atoms with E-state index in [1.54, 1.807) is 0 Å². The first-order valence-corrected chi connectivity index (χ1v) is 5.61. The van der Waals surface area contributed by atoms with Crippen LogP contribution in [-0.4, -0.2) is 34.4 Å². The van der Waals surface area contributed by atoms with Gasteiger partial charge in [-0.15, -0.1) is 0 Å². The van der Waals surface area contributed by atoms with Crippen LogP contribution < -0.4 is 0 Å². The van der Waals surface area contributed by atoms with E-state index in [9.17, 15) is 9.59 Å². The number of carbonyl (C=O) groups is 2. The van der Waals surface area contributed by atoms with Crippen LogP contribution in [0.1, 0.15) is 26.2 Å². The largest absolute Gasteiger partial charge is 0.465 e. The van der Waals surface area contributed by atoms with Gasteiger partial charge in [0.15, 0.2) is 0 Å². The molecule has 0 aliphatic carbocycles. The minimum absolute atomic E-state index is 0.109. The number of amides is 1. The summed E-state index contributed by atoms with van der Waals surface area (Å²) in [5.41, 5.74) is 0. The molecule has 15 heavy (non-hydrogen) atoms. The normalized spacial score (nSPS) is 20.0. The predicted octanol–water partition coefficient (Wildman–Crippen LogP) is 2.17. The zero-order valence-corrected chi connectivity index (χ0v) is 9.54. The van der Waals surface area contributed by atoms with Crippen molar-refractivity contribution < 1.29 is 14.7 Å². The molecule has 86 valence electrons. The van der Waals surface area contributed by atoms with Crippen molar-refractivity contribution in [3.8, 4) is 0 Å². The Bertz CT molecular complexity index is 249. The van der Waals surface area contributed by atoms with Gasteiger partial charge in [-0.1, -0.05) is 6.92 Å². The van der Waals surface area contributed by atoms with Crippen LogP contribution in [-0.2, 0) is 4.79 Å². The van der Waals surface area contributed by atoms with Gasteiger partial charge in [0.25, 0.3) is 0 Å². The van der Waals surface area contributed by atoms with Crippen molar-refractivity contribution in [3.63, 3.8) is 0 Å². The van der Waals surface area contributed by atoms with Gasteiger partial charge in [0.1, 0.15) is 0 Å². The zero-order valence-electron chi connectivity index (χ0n) is 8.78. The lowest BCUT2D eigenvalue weighted by atomic mass is 9.83. The van der Waals surface area contributed by atoms with Gasteiger partial charge in [-0.2, -0.15) is 0 Å². The van der Waals surface area contributed by atoms with E-state index in [2.05, 4.69) is 0 Å². The van der Waals surface area contributed by atoms with E-state index in [1.165, 1.54) is 4.90 Å². The van der Waals surface area contributed by atoms with Crippen LogP contribution >= 0.6 is 11.6 Å². The first-order chi connectivity index (χ1) is 7.06. The highest BCUT2D eigenvalue weighted by atomic mass is 35.5. The Hall–Kier alpha value is -0.770. The van der Waals surface area contributed by atoms with Gasteiger partial charge in [-0.3, -0.25) is 4.79 Å². The number of carboxylic acid groups (broad SMARTS) is 1. The molecule has 5 heteroatoms. The summed E-state index contributed by atoms with van der Waals surface area (Å²) in [6, 6.07) is 0. The molecule has 1 aliphatic rings. The van der Waals surface area contributed by atoms with E-state index < -0.39 is 6.09 Å². The number of carbonyl (C=O) groups excluding carboxylic acids is 1. The number of rotatable bonds is 3. The van der Waals surface area contributed by atoms with Crippen LogP contribution in [0.5, 0.6) is 0 Å². The van der Waals surface area contributed by atoms with Gasteiger partial charge in [0, 0.05) is 19.0 Å². The molecule has 1 heterocycles. The first-order valence-electron chi connectivity index (χ1n) is 5.23. The second kappa shape index (κ2) is 5.35. The van der Waals surface area contributed by atoms with Crippen LogP contribution in [0, 0.1) is 11.8 Å². The number of piperidine rings is 1. The first kappa shape index (κ1) is 12.3. The molecule has 0 aromatic carbocycles. The Kier molecular flexibility index (Phi) is 4.39. The Morgan fingerprint density at radius 3 is 2.33 bits per heavy atom. The standard InChI is InChI=1S/C10H16ClNO3/c1-2-8(9(11)13)7-3-5-12(6-4-7)10(14)15/h7-8H,2-6H2,1H3,(H,14,15). The highest BCUT2D eigenvalue weighted by Gasteiger charge is 2.30. The van der Waals surface area contributed by atoms with Crippen LogP contribution in [0.15, 0.2) is 0 Å². The molecule has 1 saturated heterocycles. The molecule has 1 fully saturated rings. The fraction of sp³-hybridized carbons (Fsp3) is 0.800. The SMILES string of the molecule is CCC(C(=O)Cl)C1CCN(C(=O)O)CC1. The monoisotopic (exact) mass is 233 g/mol. The maximum atomic E-state index is 11.1. The third kappa shape index (κ3) is 3.09. The summed E-state index contributed by atoms with van der Waals surface area (Å²) in [4.78, 5) is 23.2. The van der Waals surface area contributed by atoms with Crippen LogP contribution in [0.2, 0.25) is 0 Å². The molecule has 0 radical (unpaired) electrons. The third-order valence-corrected chi connectivity index (χ3v) is 3.39. The number of nitrogens with zero attached hydrogens (tertiary/aromatic N) is 1. The van der Waals surface area contributed by atoms with Crippen molar-refractivity contribution in [1.29, 1.82) is 0 Å². The molecule has 1 atom stereocenters. The number of hydrogen-bond donors (Lipinski definition) is 1. The average molecular weight is 234 g/mol. The number of likely N-dealkylation sites (tertiary alicyclic amines) is 1. The highest BCUT2D eigenvalue weighted by Crippen LogP contribution is 2.28. The maximum absolute atomic E-state index is 11.1. The summed E-state index contributed by atoms with van der Waals surface area (Å²) >= 11 is 5.51. The van der Waals surface area contributed by atoms with Crippen LogP contribution in [0.4, 0.5) is 4.79 Å². The van der Waals surface area contributed by atoms with E-state index in [0.29, 0.717) is 13.1 Å². The Labute approximate surface area is 94.2 Å². The summed E-state index contributed by atoms with van der Waals surface area (Å²) in [7, 11) is 0. The van der Waals surface area contributed by atoms with E-state index in [0.717, 1.165) is 19.3 Å². The van der Waals surface area contributed by atoms with E-state index in [4.69, 9.17) is 16.7 Å². The summed E-state index contributed by atoms with van der Waals surface area (Å²) in [6.07, 6.45) is 1.34. The quantitative estimate of drug-likeness (QED) is 0.760. The van der Waals surface area contributed by atoms with Crippen molar-refractivity contribution in [2.75, 3.05) is 13.1 Å². The second-order valence-corrected chi connectivity index (χ2v) is 4.30. The number of halogens is 1. The molecule has 1 amide bonds. The van der Waals surface area contributed by atoms with Gasteiger partial charge in [-0.25, -0.2) is 4.79 Å². The summed E-state index contributed by atoms with van der Waals surface area (Å²) in [5.74, 6) is 0.137. The van der Waals surface area contributed by atoms with Crippen molar-refractivity contribution in [2.24, 2.45) is 11.8 Å². The molecule has 0 aromatic heterocycles. The van der Waals surface area contributed by atoms with Gasteiger partial charge in [0.2, 0.25) is 5.24 Å². The topological polar surface area (TPSA) is 57.6 Å². The zero-order chi connectivity index (χ0) is 11.4. The van der Waals surface area contributed by atoms with Crippen LogP contribution in [0.25, 0.3) is 0 Å². The second-order valence-electron chi connectivity index (χ2n) is 3.93. The highest BCUT2D eigenvalue weighted by molar-refractivity contribution is 6.64. The third-order valence-electron chi connectivity index (χ3n) is 3.11. The molecule has 4 nitrogen and oxygen atoms in total. The van der Waals surface area contributed by atoms with Gasteiger partial charge in [0.05, 0.1) is 0 Å². The van der Waals surface area contributed by atoms with E-state index >= 15 is 0 Å². The smallest absolute Gasteiger partial charge is 0.407 e.